The zero-order valence-electron chi connectivity index (χ0n) is 13.2. The second kappa shape index (κ2) is 7.75. The summed E-state index contributed by atoms with van der Waals surface area (Å²) >= 11 is 0. The van der Waals surface area contributed by atoms with E-state index in [2.05, 4.69) is 0 Å². The lowest BCUT2D eigenvalue weighted by molar-refractivity contribution is -0.384. The Morgan fingerprint density at radius 2 is 1.76 bits per heavy atom. The lowest BCUT2D eigenvalue weighted by Crippen LogP contribution is -2.10. The Balaban J connectivity index is 2.17. The Labute approximate surface area is 144 Å². The fraction of sp³-hybridized carbons (Fsp3) is 0.188. The number of nitrogens with zero attached hydrogens (tertiary/aromatic N) is 1. The molecule has 0 N–H and O–H groups in total. The molecule has 0 aromatic heterocycles. The Hall–Kier alpha value is -2.94. The SMILES string of the molecule is CCCC(=O)Oc1cccc(OS(=O)(=O)c2ccc([N+](=O)[O-])cc2)c1. The fourth-order valence-electron chi connectivity index (χ4n) is 1.89. The molecule has 25 heavy (non-hydrogen) atoms. The first-order chi connectivity index (χ1) is 11.8. The van der Waals surface area contributed by atoms with Crippen LogP contribution in [-0.2, 0) is 14.9 Å². The van der Waals surface area contributed by atoms with Gasteiger partial charge in [0.25, 0.3) is 5.69 Å². The van der Waals surface area contributed by atoms with Crippen LogP contribution in [0.3, 0.4) is 0 Å². The van der Waals surface area contributed by atoms with Gasteiger partial charge in [-0.05, 0) is 30.7 Å². The molecule has 2 rings (SSSR count). The topological polar surface area (TPSA) is 113 Å². The van der Waals surface area contributed by atoms with Crippen LogP contribution in [0.4, 0.5) is 5.69 Å². The Morgan fingerprint density at radius 1 is 1.12 bits per heavy atom. The molecule has 9 heteroatoms. The number of hydrogen-bond donors (Lipinski definition) is 0. The number of rotatable bonds is 7. The normalized spacial score (nSPS) is 10.9. The summed E-state index contributed by atoms with van der Waals surface area (Å²) in [5.74, 6) is -0.312. The molecular formula is C16H15NO7S. The number of nitro benzene ring substituents is 1. The average Bonchev–Trinajstić information content (AvgIpc) is 2.55. The van der Waals surface area contributed by atoms with Gasteiger partial charge >= 0.3 is 16.1 Å². The van der Waals surface area contributed by atoms with Gasteiger partial charge in [-0.1, -0.05) is 13.0 Å². The van der Waals surface area contributed by atoms with Gasteiger partial charge in [0.1, 0.15) is 16.4 Å². The molecule has 2 aromatic rings. The molecule has 0 aliphatic heterocycles. The molecule has 0 saturated carbocycles. The van der Waals surface area contributed by atoms with Gasteiger partial charge in [0.15, 0.2) is 0 Å². The van der Waals surface area contributed by atoms with Gasteiger partial charge in [-0.3, -0.25) is 14.9 Å². The summed E-state index contributed by atoms with van der Waals surface area (Å²) in [5, 5.41) is 10.6. The predicted molar refractivity (Wildman–Crippen MR) is 87.9 cm³/mol. The van der Waals surface area contributed by atoms with Gasteiger partial charge in [0.2, 0.25) is 0 Å². The number of esters is 1. The highest BCUT2D eigenvalue weighted by molar-refractivity contribution is 7.87. The Morgan fingerprint density at radius 3 is 2.36 bits per heavy atom. The molecule has 0 spiro atoms. The van der Waals surface area contributed by atoms with Crippen LogP contribution in [-0.4, -0.2) is 19.3 Å². The van der Waals surface area contributed by atoms with E-state index in [1.165, 1.54) is 24.3 Å². The van der Waals surface area contributed by atoms with Crippen molar-refractivity contribution in [1.29, 1.82) is 0 Å². The summed E-state index contributed by atoms with van der Waals surface area (Å²) in [4.78, 5) is 21.2. The molecule has 0 atom stereocenters. The first-order valence-electron chi connectivity index (χ1n) is 7.31. The fourth-order valence-corrected chi connectivity index (χ4v) is 2.81. The summed E-state index contributed by atoms with van der Waals surface area (Å²) < 4.78 is 34.5. The number of benzene rings is 2. The second-order valence-corrected chi connectivity index (χ2v) is 6.53. The van der Waals surface area contributed by atoms with E-state index in [1.807, 2.05) is 6.92 Å². The highest BCUT2D eigenvalue weighted by Crippen LogP contribution is 2.24. The van der Waals surface area contributed by atoms with Gasteiger partial charge < -0.3 is 8.92 Å². The zero-order valence-corrected chi connectivity index (χ0v) is 14.1. The highest BCUT2D eigenvalue weighted by atomic mass is 32.2. The van der Waals surface area contributed by atoms with Crippen LogP contribution in [0.2, 0.25) is 0 Å². The molecule has 132 valence electrons. The molecule has 0 fully saturated rings. The Bertz CT molecular complexity index is 876. The van der Waals surface area contributed by atoms with Crippen molar-refractivity contribution in [1.82, 2.24) is 0 Å². The molecule has 0 aliphatic carbocycles. The first kappa shape index (κ1) is 18.4. The van der Waals surface area contributed by atoms with E-state index in [-0.39, 0.29) is 28.5 Å². The van der Waals surface area contributed by atoms with Crippen LogP contribution in [0.15, 0.2) is 53.4 Å². The molecule has 0 unspecified atom stereocenters. The standard InChI is InChI=1S/C16H15NO7S/c1-2-4-16(18)23-13-5-3-6-14(11-13)24-25(21,22)15-9-7-12(8-10-15)17(19)20/h3,5-11H,2,4H2,1H3. The maximum Gasteiger partial charge on any atom is 0.339 e. The minimum atomic E-state index is -4.17. The summed E-state index contributed by atoms with van der Waals surface area (Å²) in [6, 6.07) is 9.94. The van der Waals surface area contributed by atoms with E-state index in [9.17, 15) is 23.3 Å². The lowest BCUT2D eigenvalue weighted by atomic mass is 10.3. The van der Waals surface area contributed by atoms with Crippen molar-refractivity contribution in [3.63, 3.8) is 0 Å². The number of non-ortho nitro benzene ring substituents is 1. The van der Waals surface area contributed by atoms with Crippen LogP contribution in [0.25, 0.3) is 0 Å². The maximum atomic E-state index is 12.2. The quantitative estimate of drug-likeness (QED) is 0.243. The molecule has 0 amide bonds. The monoisotopic (exact) mass is 365 g/mol. The number of hydrogen-bond acceptors (Lipinski definition) is 7. The summed E-state index contributed by atoms with van der Waals surface area (Å²) in [7, 11) is -4.17. The van der Waals surface area contributed by atoms with Crippen LogP contribution < -0.4 is 8.92 Å². The number of nitro groups is 1. The van der Waals surface area contributed by atoms with Crippen molar-refractivity contribution in [3.05, 3.63) is 58.6 Å². The third-order valence-corrected chi connectivity index (χ3v) is 4.29. The zero-order chi connectivity index (χ0) is 18.4. The van der Waals surface area contributed by atoms with Gasteiger partial charge in [0, 0.05) is 24.6 Å². The molecule has 0 aliphatic rings. The van der Waals surface area contributed by atoms with Crippen molar-refractivity contribution < 1.29 is 27.1 Å². The number of carbonyl (C=O) groups is 1. The molecule has 8 nitrogen and oxygen atoms in total. The summed E-state index contributed by atoms with van der Waals surface area (Å²) in [5.41, 5.74) is -0.233. The second-order valence-electron chi connectivity index (χ2n) is 4.99. The van der Waals surface area contributed by atoms with Crippen LogP contribution >= 0.6 is 0 Å². The van der Waals surface area contributed by atoms with E-state index in [0.29, 0.717) is 6.42 Å². The third-order valence-electron chi connectivity index (χ3n) is 3.03. The summed E-state index contributed by atoms with van der Waals surface area (Å²) in [6.07, 6.45) is 0.871. The first-order valence-corrected chi connectivity index (χ1v) is 8.72. The molecular weight excluding hydrogens is 350 g/mol. The minimum Gasteiger partial charge on any atom is -0.426 e. The molecule has 2 aromatic carbocycles. The van der Waals surface area contributed by atoms with Crippen LogP contribution in [0.5, 0.6) is 11.5 Å². The number of ether oxygens (including phenoxy) is 1. The molecule has 0 saturated heterocycles. The van der Waals surface area contributed by atoms with E-state index >= 15 is 0 Å². The molecule has 0 bridgehead atoms. The number of carbonyl (C=O) groups excluding carboxylic acids is 1. The van der Waals surface area contributed by atoms with Crippen molar-refractivity contribution in [2.24, 2.45) is 0 Å². The van der Waals surface area contributed by atoms with Crippen molar-refractivity contribution in [2.75, 3.05) is 0 Å². The van der Waals surface area contributed by atoms with Crippen LogP contribution in [0.1, 0.15) is 19.8 Å². The van der Waals surface area contributed by atoms with Gasteiger partial charge in [0.05, 0.1) is 4.92 Å². The van der Waals surface area contributed by atoms with Crippen molar-refractivity contribution >= 4 is 21.8 Å². The molecule has 0 heterocycles. The largest absolute Gasteiger partial charge is 0.426 e. The van der Waals surface area contributed by atoms with Gasteiger partial charge in [-0.25, -0.2) is 0 Å². The van der Waals surface area contributed by atoms with E-state index in [4.69, 9.17) is 8.92 Å². The van der Waals surface area contributed by atoms with E-state index < -0.39 is 21.0 Å². The van der Waals surface area contributed by atoms with Crippen LogP contribution in [0, 0.1) is 10.1 Å². The third kappa shape index (κ3) is 5.01. The Kier molecular flexibility index (Phi) is 5.71. The van der Waals surface area contributed by atoms with Crippen molar-refractivity contribution in [3.8, 4) is 11.5 Å². The van der Waals surface area contributed by atoms with Gasteiger partial charge in [-0.2, -0.15) is 8.42 Å². The molecule has 0 radical (unpaired) electrons. The lowest BCUT2D eigenvalue weighted by Gasteiger charge is -2.09. The minimum absolute atomic E-state index is 0.0415. The van der Waals surface area contributed by atoms with Gasteiger partial charge in [-0.15, -0.1) is 0 Å². The highest BCUT2D eigenvalue weighted by Gasteiger charge is 2.18. The van der Waals surface area contributed by atoms with Crippen molar-refractivity contribution in [2.45, 2.75) is 24.7 Å². The average molecular weight is 365 g/mol. The maximum absolute atomic E-state index is 12.2. The van der Waals surface area contributed by atoms with E-state index in [1.54, 1.807) is 0 Å². The van der Waals surface area contributed by atoms with E-state index in [0.717, 1.165) is 24.3 Å². The predicted octanol–water partition coefficient (Wildman–Crippen LogP) is 3.07. The summed E-state index contributed by atoms with van der Waals surface area (Å²) in [6.45, 7) is 1.83. The smallest absolute Gasteiger partial charge is 0.339 e.